The van der Waals surface area contributed by atoms with Gasteiger partial charge in [-0.2, -0.15) is 0 Å². The van der Waals surface area contributed by atoms with Crippen LogP contribution in [0.25, 0.3) is 0 Å². The predicted molar refractivity (Wildman–Crippen MR) is 85.9 cm³/mol. The zero-order valence-electron chi connectivity index (χ0n) is 11.9. The number of anilines is 1. The Bertz CT molecular complexity index is 873. The summed E-state index contributed by atoms with van der Waals surface area (Å²) < 4.78 is 26.5. The van der Waals surface area contributed by atoms with Crippen LogP contribution in [-0.2, 0) is 9.84 Å². The number of nitrogens with zero attached hydrogens (tertiary/aromatic N) is 2. The highest BCUT2D eigenvalue weighted by atomic mass is 32.2. The fourth-order valence-corrected chi connectivity index (χ4v) is 5.21. The maximum atomic E-state index is 12.5. The lowest BCUT2D eigenvalue weighted by Crippen LogP contribution is -2.29. The average Bonchev–Trinajstić information content (AvgIpc) is 2.81. The standard InChI is InChI=1S/C14H15N3O3S2/c1-9-2-4-11(5-3-9)22(19,20)8-10-7-21-14-16-12(15)6-13(18)17(10)14/h2-6,10H,7-8,15H2,1H3/t10-/m1/s1. The number of nitrogens with two attached hydrogens (primary N) is 1. The molecule has 0 unspecified atom stereocenters. The zero-order valence-corrected chi connectivity index (χ0v) is 13.5. The van der Waals surface area contributed by atoms with Crippen LogP contribution in [0.5, 0.6) is 0 Å². The number of nitrogen functional groups attached to an aromatic ring is 1. The molecular formula is C14H15N3O3S2. The molecule has 0 saturated carbocycles. The van der Waals surface area contributed by atoms with E-state index in [0.717, 1.165) is 5.56 Å². The highest BCUT2D eigenvalue weighted by Crippen LogP contribution is 2.32. The molecule has 1 aliphatic rings. The van der Waals surface area contributed by atoms with Crippen molar-refractivity contribution in [1.82, 2.24) is 9.55 Å². The van der Waals surface area contributed by atoms with Gasteiger partial charge in [0.15, 0.2) is 15.0 Å². The van der Waals surface area contributed by atoms with Crippen molar-refractivity contribution in [2.45, 2.75) is 23.0 Å². The second-order valence-electron chi connectivity index (χ2n) is 5.23. The van der Waals surface area contributed by atoms with Crippen LogP contribution in [0, 0.1) is 6.92 Å². The number of fused-ring (bicyclic) bond motifs is 1. The molecule has 22 heavy (non-hydrogen) atoms. The Morgan fingerprint density at radius 2 is 2.05 bits per heavy atom. The number of sulfone groups is 1. The lowest BCUT2D eigenvalue weighted by molar-refractivity contribution is 0.528. The number of rotatable bonds is 3. The first-order valence-electron chi connectivity index (χ1n) is 6.68. The molecule has 6 nitrogen and oxygen atoms in total. The molecule has 2 aromatic rings. The second kappa shape index (κ2) is 5.44. The maximum Gasteiger partial charge on any atom is 0.256 e. The first-order valence-corrected chi connectivity index (χ1v) is 9.32. The fourth-order valence-electron chi connectivity index (χ4n) is 2.39. The quantitative estimate of drug-likeness (QED) is 0.847. The molecule has 3 rings (SSSR count). The molecule has 0 aliphatic carbocycles. The lowest BCUT2D eigenvalue weighted by atomic mass is 10.2. The lowest BCUT2D eigenvalue weighted by Gasteiger charge is -2.13. The van der Waals surface area contributed by atoms with E-state index in [4.69, 9.17) is 5.73 Å². The molecule has 116 valence electrons. The van der Waals surface area contributed by atoms with Crippen molar-refractivity contribution >= 4 is 27.4 Å². The Morgan fingerprint density at radius 3 is 2.73 bits per heavy atom. The molecule has 0 bridgehead atoms. The molecule has 1 aliphatic heterocycles. The Balaban J connectivity index is 1.93. The van der Waals surface area contributed by atoms with Crippen LogP contribution in [0.3, 0.4) is 0 Å². The molecule has 1 atom stereocenters. The van der Waals surface area contributed by atoms with Crippen LogP contribution in [0.4, 0.5) is 5.82 Å². The molecule has 2 N–H and O–H groups in total. The highest BCUT2D eigenvalue weighted by Gasteiger charge is 2.30. The minimum Gasteiger partial charge on any atom is -0.383 e. The third-order valence-electron chi connectivity index (χ3n) is 3.50. The Kier molecular flexibility index (Phi) is 3.73. The first kappa shape index (κ1) is 15.1. The smallest absolute Gasteiger partial charge is 0.256 e. The van der Waals surface area contributed by atoms with Crippen LogP contribution in [0.2, 0.25) is 0 Å². The molecule has 2 heterocycles. The van der Waals surface area contributed by atoms with E-state index in [0.29, 0.717) is 10.9 Å². The van der Waals surface area contributed by atoms with Gasteiger partial charge in [-0.1, -0.05) is 29.5 Å². The first-order chi connectivity index (χ1) is 10.4. The summed E-state index contributed by atoms with van der Waals surface area (Å²) in [5.41, 5.74) is 6.24. The SMILES string of the molecule is Cc1ccc(S(=O)(=O)C[C@H]2CSc3nc(N)cc(=O)n32)cc1. The van der Waals surface area contributed by atoms with Crippen molar-refractivity contribution in [3.8, 4) is 0 Å². The van der Waals surface area contributed by atoms with Crippen molar-refractivity contribution in [1.29, 1.82) is 0 Å². The number of hydrogen-bond acceptors (Lipinski definition) is 6. The van der Waals surface area contributed by atoms with Crippen LogP contribution in [0.1, 0.15) is 11.6 Å². The molecule has 0 amide bonds. The van der Waals surface area contributed by atoms with Gasteiger partial charge >= 0.3 is 0 Å². The third kappa shape index (κ3) is 2.76. The van der Waals surface area contributed by atoms with Crippen LogP contribution in [0.15, 0.2) is 45.2 Å². The van der Waals surface area contributed by atoms with E-state index in [1.807, 2.05) is 6.92 Å². The molecule has 0 spiro atoms. The van der Waals surface area contributed by atoms with E-state index in [1.165, 1.54) is 22.4 Å². The fraction of sp³-hybridized carbons (Fsp3) is 0.286. The Morgan fingerprint density at radius 1 is 1.36 bits per heavy atom. The summed E-state index contributed by atoms with van der Waals surface area (Å²) in [6.45, 7) is 1.90. The molecule has 1 aromatic heterocycles. The van der Waals surface area contributed by atoms with E-state index in [2.05, 4.69) is 4.98 Å². The van der Waals surface area contributed by atoms with Crippen molar-refractivity contribution < 1.29 is 8.42 Å². The van der Waals surface area contributed by atoms with Gasteiger partial charge in [-0.15, -0.1) is 0 Å². The molecule has 8 heteroatoms. The number of aromatic nitrogens is 2. The van der Waals surface area contributed by atoms with Crippen molar-refractivity contribution in [2.75, 3.05) is 17.2 Å². The summed E-state index contributed by atoms with van der Waals surface area (Å²) >= 11 is 1.35. The Hall–Kier alpha value is -1.80. The van der Waals surface area contributed by atoms with E-state index in [1.54, 1.807) is 24.3 Å². The summed E-state index contributed by atoms with van der Waals surface area (Å²) in [6, 6.07) is 7.51. The minimum atomic E-state index is -3.46. The molecule has 0 saturated heterocycles. The number of aryl methyl sites for hydroxylation is 1. The van der Waals surface area contributed by atoms with Crippen LogP contribution in [-0.4, -0.2) is 29.5 Å². The summed E-state index contributed by atoms with van der Waals surface area (Å²) in [5.74, 6) is 0.532. The second-order valence-corrected chi connectivity index (χ2v) is 8.25. The van der Waals surface area contributed by atoms with E-state index >= 15 is 0 Å². The van der Waals surface area contributed by atoms with Gasteiger partial charge in [0.25, 0.3) is 5.56 Å². The summed E-state index contributed by atoms with van der Waals surface area (Å²) in [5, 5.41) is 0.481. The summed E-state index contributed by atoms with van der Waals surface area (Å²) in [4.78, 5) is 16.4. The molecular weight excluding hydrogens is 322 g/mol. The van der Waals surface area contributed by atoms with Gasteiger partial charge in [-0.05, 0) is 19.1 Å². The van der Waals surface area contributed by atoms with Crippen molar-refractivity contribution in [3.63, 3.8) is 0 Å². The van der Waals surface area contributed by atoms with Gasteiger partial charge in [-0.25, -0.2) is 13.4 Å². The third-order valence-corrected chi connectivity index (χ3v) is 6.41. The van der Waals surface area contributed by atoms with Gasteiger partial charge in [0.1, 0.15) is 5.82 Å². The van der Waals surface area contributed by atoms with Crippen molar-refractivity contribution in [2.24, 2.45) is 0 Å². The Labute approximate surface area is 132 Å². The molecule has 0 fully saturated rings. The van der Waals surface area contributed by atoms with Crippen LogP contribution >= 0.6 is 11.8 Å². The number of hydrogen-bond donors (Lipinski definition) is 1. The monoisotopic (exact) mass is 337 g/mol. The topological polar surface area (TPSA) is 95.1 Å². The van der Waals surface area contributed by atoms with Crippen molar-refractivity contribution in [3.05, 3.63) is 46.2 Å². The number of thioether (sulfide) groups is 1. The maximum absolute atomic E-state index is 12.5. The summed E-state index contributed by atoms with van der Waals surface area (Å²) in [7, 11) is -3.46. The van der Waals surface area contributed by atoms with E-state index in [9.17, 15) is 13.2 Å². The van der Waals surface area contributed by atoms with Gasteiger partial charge in [0.05, 0.1) is 16.7 Å². The van der Waals surface area contributed by atoms with Gasteiger partial charge < -0.3 is 5.73 Å². The van der Waals surface area contributed by atoms with Gasteiger partial charge in [0.2, 0.25) is 0 Å². The van der Waals surface area contributed by atoms with E-state index in [-0.39, 0.29) is 22.0 Å². The van der Waals surface area contributed by atoms with Crippen LogP contribution < -0.4 is 11.3 Å². The van der Waals surface area contributed by atoms with E-state index < -0.39 is 15.9 Å². The predicted octanol–water partition coefficient (Wildman–Crippen LogP) is 1.25. The molecule has 0 radical (unpaired) electrons. The number of benzene rings is 1. The zero-order chi connectivity index (χ0) is 15.9. The molecule has 1 aromatic carbocycles. The van der Waals surface area contributed by atoms with Gasteiger partial charge in [-0.3, -0.25) is 9.36 Å². The van der Waals surface area contributed by atoms with Gasteiger partial charge in [0, 0.05) is 11.8 Å². The largest absolute Gasteiger partial charge is 0.383 e. The minimum absolute atomic E-state index is 0.123. The average molecular weight is 337 g/mol. The highest BCUT2D eigenvalue weighted by molar-refractivity contribution is 7.99. The summed E-state index contributed by atoms with van der Waals surface area (Å²) in [6.07, 6.45) is 0. The normalized spacial score (nSPS) is 17.4.